The molecule has 10 rings (SSSR count). The van der Waals surface area contributed by atoms with E-state index in [0.717, 1.165) is 38.2 Å². The number of nitrogens with zero attached hydrogens (tertiary/aromatic N) is 4. The van der Waals surface area contributed by atoms with Crippen LogP contribution in [0.25, 0.3) is 95.3 Å². The largest absolute Gasteiger partial charge is 0.236 e. The number of aromatic nitrogens is 4. The van der Waals surface area contributed by atoms with Crippen LogP contribution in [0.15, 0.2) is 133 Å². The molecular weight excluding hydrogens is 633 g/mol. The number of hydrogen-bond acceptors (Lipinski definition) is 7. The van der Waals surface area contributed by atoms with Crippen molar-refractivity contribution in [1.82, 2.24) is 19.9 Å². The molecule has 0 bridgehead atoms. The maximum atomic E-state index is 5.25. The van der Waals surface area contributed by atoms with Crippen LogP contribution in [-0.4, -0.2) is 19.9 Å². The highest BCUT2D eigenvalue weighted by Gasteiger charge is 2.20. The Hall–Kier alpha value is -5.34. The van der Waals surface area contributed by atoms with Crippen molar-refractivity contribution in [3.05, 3.63) is 133 Å². The van der Waals surface area contributed by atoms with E-state index in [1.807, 2.05) is 24.3 Å². The van der Waals surface area contributed by atoms with E-state index in [0.29, 0.717) is 17.5 Å². The molecule has 4 heterocycles. The van der Waals surface area contributed by atoms with Crippen LogP contribution >= 0.6 is 34.0 Å². The van der Waals surface area contributed by atoms with E-state index in [1.54, 1.807) is 34.0 Å². The molecule has 0 atom stereocenters. The van der Waals surface area contributed by atoms with Crippen molar-refractivity contribution >= 4 is 84.6 Å². The Labute approximate surface area is 281 Å². The molecule has 220 valence electrons. The second-order valence-corrected chi connectivity index (χ2v) is 14.6. The van der Waals surface area contributed by atoms with Gasteiger partial charge in [-0.15, -0.1) is 34.0 Å². The third-order valence-corrected chi connectivity index (χ3v) is 11.9. The average Bonchev–Trinajstić information content (AvgIpc) is 3.84. The third-order valence-electron chi connectivity index (χ3n) is 8.58. The summed E-state index contributed by atoms with van der Waals surface area (Å²) in [5.74, 6) is 2.00. The molecule has 47 heavy (non-hydrogen) atoms. The van der Waals surface area contributed by atoms with Crippen molar-refractivity contribution in [2.75, 3.05) is 0 Å². The fourth-order valence-corrected chi connectivity index (χ4v) is 9.78. The van der Waals surface area contributed by atoms with Gasteiger partial charge in [0.1, 0.15) is 5.01 Å². The van der Waals surface area contributed by atoms with E-state index in [2.05, 4.69) is 109 Å². The number of hydrogen-bond donors (Lipinski definition) is 0. The molecule has 0 fully saturated rings. The summed E-state index contributed by atoms with van der Waals surface area (Å²) >= 11 is 5.35. The molecule has 0 unspecified atom stereocenters. The second-order valence-electron chi connectivity index (χ2n) is 11.4. The molecule has 4 aromatic heterocycles. The van der Waals surface area contributed by atoms with Gasteiger partial charge in [0, 0.05) is 62.6 Å². The predicted molar refractivity (Wildman–Crippen MR) is 201 cm³/mol. The Morgan fingerprint density at radius 3 is 1.66 bits per heavy atom. The van der Waals surface area contributed by atoms with Gasteiger partial charge in [0.25, 0.3) is 0 Å². The topological polar surface area (TPSA) is 51.6 Å². The molecule has 10 aromatic rings. The molecule has 0 aliphatic rings. The average molecular weight is 655 g/mol. The van der Waals surface area contributed by atoms with Gasteiger partial charge in [0.2, 0.25) is 0 Å². The zero-order valence-electron chi connectivity index (χ0n) is 24.7. The molecule has 6 aromatic carbocycles. The molecule has 0 aliphatic carbocycles. The van der Waals surface area contributed by atoms with Gasteiger partial charge in [-0.2, -0.15) is 0 Å². The normalized spacial score (nSPS) is 11.8. The minimum Gasteiger partial charge on any atom is -0.236 e. The summed E-state index contributed by atoms with van der Waals surface area (Å²) in [7, 11) is 0. The first-order valence-corrected chi connectivity index (χ1v) is 17.8. The molecule has 0 saturated heterocycles. The molecular formula is C40H22N4S3. The monoisotopic (exact) mass is 654 g/mol. The van der Waals surface area contributed by atoms with Gasteiger partial charge >= 0.3 is 0 Å². The first kappa shape index (κ1) is 26.8. The molecule has 0 aliphatic heterocycles. The summed E-state index contributed by atoms with van der Waals surface area (Å²) < 4.78 is 6.10. The SMILES string of the molecule is c1ccc(-c2nc(-c3cccc4sc5ccccc5c34)nc(-c3cccc4sc5cc6sc(-c7ccccc7)nc6cc5c34)n2)cc1. The van der Waals surface area contributed by atoms with Crippen molar-refractivity contribution in [3.63, 3.8) is 0 Å². The van der Waals surface area contributed by atoms with E-state index in [9.17, 15) is 0 Å². The number of thiophene rings is 2. The molecule has 4 nitrogen and oxygen atoms in total. The second kappa shape index (κ2) is 10.6. The quantitative estimate of drug-likeness (QED) is 0.189. The third kappa shape index (κ3) is 4.39. The van der Waals surface area contributed by atoms with Gasteiger partial charge in [-0.1, -0.05) is 103 Å². The highest BCUT2D eigenvalue weighted by atomic mass is 32.1. The zero-order chi connectivity index (χ0) is 30.9. The summed E-state index contributed by atoms with van der Waals surface area (Å²) in [5.41, 5.74) is 5.12. The summed E-state index contributed by atoms with van der Waals surface area (Å²) in [6, 6.07) is 46.6. The molecule has 0 N–H and O–H groups in total. The Kier molecular flexibility index (Phi) is 6.05. The fourth-order valence-electron chi connectivity index (χ4n) is 6.43. The lowest BCUT2D eigenvalue weighted by Gasteiger charge is -2.10. The minimum absolute atomic E-state index is 0.660. The summed E-state index contributed by atoms with van der Waals surface area (Å²) in [5, 5.41) is 5.77. The number of benzene rings is 6. The molecule has 0 amide bonds. The number of thiazole rings is 1. The van der Waals surface area contributed by atoms with Gasteiger partial charge in [-0.25, -0.2) is 19.9 Å². The van der Waals surface area contributed by atoms with Crippen molar-refractivity contribution < 1.29 is 0 Å². The zero-order valence-corrected chi connectivity index (χ0v) is 27.2. The predicted octanol–water partition coefficient (Wildman–Crippen LogP) is 11.9. The lowest BCUT2D eigenvalue weighted by molar-refractivity contribution is 1.08. The van der Waals surface area contributed by atoms with Crippen LogP contribution in [0.3, 0.4) is 0 Å². The van der Waals surface area contributed by atoms with Crippen LogP contribution in [-0.2, 0) is 0 Å². The van der Waals surface area contributed by atoms with Crippen molar-refractivity contribution in [2.45, 2.75) is 0 Å². The van der Waals surface area contributed by atoms with Gasteiger partial charge in [0.05, 0.1) is 10.2 Å². The first-order valence-electron chi connectivity index (χ1n) is 15.3. The van der Waals surface area contributed by atoms with Crippen LogP contribution in [0, 0.1) is 0 Å². The van der Waals surface area contributed by atoms with Gasteiger partial charge in [-0.05, 0) is 30.3 Å². The highest BCUT2D eigenvalue weighted by molar-refractivity contribution is 7.27. The Balaban J connectivity index is 1.23. The van der Waals surface area contributed by atoms with Crippen LogP contribution in [0.2, 0.25) is 0 Å². The first-order chi connectivity index (χ1) is 23.3. The van der Waals surface area contributed by atoms with Gasteiger partial charge in [0.15, 0.2) is 17.5 Å². The summed E-state index contributed by atoms with van der Waals surface area (Å²) in [6.07, 6.45) is 0. The lowest BCUT2D eigenvalue weighted by atomic mass is 10.0. The van der Waals surface area contributed by atoms with E-state index >= 15 is 0 Å². The van der Waals surface area contributed by atoms with E-state index in [-0.39, 0.29) is 0 Å². The standard InChI is InChI=1S/C40H22N4S3/c1-3-11-23(12-4-1)37-42-38(26-16-9-19-31-35(26)25-15-7-8-18-30(25)45-31)44-39(43-37)27-17-10-20-32-36(27)28-21-29-34(22-33(28)46-32)47-40(41-29)24-13-5-2-6-14-24/h1-22H. The Morgan fingerprint density at radius 2 is 0.936 bits per heavy atom. The Morgan fingerprint density at radius 1 is 0.362 bits per heavy atom. The highest BCUT2D eigenvalue weighted by Crippen LogP contribution is 2.44. The Bertz CT molecular complexity index is 2800. The van der Waals surface area contributed by atoms with Crippen LogP contribution in [0.1, 0.15) is 0 Å². The molecule has 7 heteroatoms. The van der Waals surface area contributed by atoms with Crippen LogP contribution < -0.4 is 0 Å². The smallest absolute Gasteiger partial charge is 0.164 e. The molecule has 0 saturated carbocycles. The molecule has 0 spiro atoms. The van der Waals surface area contributed by atoms with Crippen LogP contribution in [0.4, 0.5) is 0 Å². The van der Waals surface area contributed by atoms with Crippen molar-refractivity contribution in [3.8, 4) is 44.7 Å². The van der Waals surface area contributed by atoms with Gasteiger partial charge < -0.3 is 0 Å². The van der Waals surface area contributed by atoms with E-state index in [4.69, 9.17) is 19.9 Å². The maximum absolute atomic E-state index is 5.25. The maximum Gasteiger partial charge on any atom is 0.164 e. The van der Waals surface area contributed by atoms with E-state index in [1.165, 1.54) is 39.7 Å². The van der Waals surface area contributed by atoms with Crippen molar-refractivity contribution in [2.24, 2.45) is 0 Å². The lowest BCUT2D eigenvalue weighted by Crippen LogP contribution is -2.00. The van der Waals surface area contributed by atoms with Crippen molar-refractivity contribution in [1.29, 1.82) is 0 Å². The number of rotatable bonds is 4. The number of fused-ring (bicyclic) bond motifs is 7. The summed E-state index contributed by atoms with van der Waals surface area (Å²) in [6.45, 7) is 0. The van der Waals surface area contributed by atoms with Crippen LogP contribution in [0.5, 0.6) is 0 Å². The van der Waals surface area contributed by atoms with Gasteiger partial charge in [-0.3, -0.25) is 0 Å². The fraction of sp³-hybridized carbons (Fsp3) is 0. The molecule has 0 radical (unpaired) electrons. The summed E-state index contributed by atoms with van der Waals surface area (Å²) in [4.78, 5) is 20.6. The van der Waals surface area contributed by atoms with E-state index < -0.39 is 0 Å². The minimum atomic E-state index is 0.660.